The summed E-state index contributed by atoms with van der Waals surface area (Å²) in [4.78, 5) is 15.8. The van der Waals surface area contributed by atoms with E-state index in [9.17, 15) is 0 Å². The fourth-order valence-electron chi connectivity index (χ4n) is 1.41. The van der Waals surface area contributed by atoms with Crippen LogP contribution in [0, 0.1) is 0 Å². The lowest BCUT2D eigenvalue weighted by atomic mass is 10.5. The van der Waals surface area contributed by atoms with E-state index in [4.69, 9.17) is 4.42 Å². The zero-order valence-corrected chi connectivity index (χ0v) is 10.0. The zero-order chi connectivity index (χ0) is 12.2. The maximum atomic E-state index is 4.94. The summed E-state index contributed by atoms with van der Waals surface area (Å²) in [6, 6.07) is 7.57. The molecule has 0 aliphatic rings. The zero-order valence-electron chi connectivity index (χ0n) is 9.22. The molecule has 0 saturated heterocycles. The summed E-state index contributed by atoms with van der Waals surface area (Å²) >= 11 is 1.61. The Kier molecular flexibility index (Phi) is 2.93. The SMILES string of the molecule is c1cnc2ncoc2c1.c1cnc2ncsc2c1. The standard InChI is InChI=1S/C6H4N2O.C6H4N2S/c2*1-2-5-6(7-3-1)8-4-9-5/h2*1-4H. The number of oxazole rings is 1. The second kappa shape index (κ2) is 4.89. The van der Waals surface area contributed by atoms with E-state index in [0.29, 0.717) is 5.65 Å². The lowest BCUT2D eigenvalue weighted by Gasteiger charge is -1.79. The van der Waals surface area contributed by atoms with Crippen molar-refractivity contribution in [2.45, 2.75) is 0 Å². The van der Waals surface area contributed by atoms with Gasteiger partial charge in [-0.25, -0.2) is 15.0 Å². The molecule has 0 aliphatic heterocycles. The van der Waals surface area contributed by atoms with Crippen molar-refractivity contribution in [2.75, 3.05) is 0 Å². The molecular weight excluding hydrogens is 248 g/mol. The maximum Gasteiger partial charge on any atom is 0.198 e. The first kappa shape index (κ1) is 10.8. The van der Waals surface area contributed by atoms with Crippen LogP contribution < -0.4 is 0 Å². The molecule has 0 aliphatic carbocycles. The van der Waals surface area contributed by atoms with Crippen molar-refractivity contribution in [1.82, 2.24) is 19.9 Å². The van der Waals surface area contributed by atoms with Crippen LogP contribution in [0.5, 0.6) is 0 Å². The van der Waals surface area contributed by atoms with Crippen LogP contribution in [0.2, 0.25) is 0 Å². The first-order valence-electron chi connectivity index (χ1n) is 5.22. The van der Waals surface area contributed by atoms with Gasteiger partial charge in [0.15, 0.2) is 23.3 Å². The molecular formula is C12H8N4OS. The predicted octanol–water partition coefficient (Wildman–Crippen LogP) is 2.91. The lowest BCUT2D eigenvalue weighted by Crippen LogP contribution is -1.70. The average Bonchev–Trinajstić information content (AvgIpc) is 3.08. The summed E-state index contributed by atoms with van der Waals surface area (Å²) in [7, 11) is 0. The summed E-state index contributed by atoms with van der Waals surface area (Å²) in [5.74, 6) is 0. The molecule has 18 heavy (non-hydrogen) atoms. The second-order valence-electron chi connectivity index (χ2n) is 3.36. The summed E-state index contributed by atoms with van der Waals surface area (Å²) in [6.07, 6.45) is 4.82. The Balaban J connectivity index is 0.000000111. The number of nitrogens with zero attached hydrogens (tertiary/aromatic N) is 4. The van der Waals surface area contributed by atoms with Gasteiger partial charge in [0, 0.05) is 12.4 Å². The topological polar surface area (TPSA) is 64.7 Å². The lowest BCUT2D eigenvalue weighted by molar-refractivity contribution is 0.602. The molecule has 0 radical (unpaired) electrons. The van der Waals surface area contributed by atoms with Crippen molar-refractivity contribution in [2.24, 2.45) is 0 Å². The minimum atomic E-state index is 0.664. The molecule has 0 atom stereocenters. The highest BCUT2D eigenvalue weighted by atomic mass is 32.1. The van der Waals surface area contributed by atoms with Gasteiger partial charge in [-0.15, -0.1) is 11.3 Å². The molecule has 0 spiro atoms. The number of aromatic nitrogens is 4. The monoisotopic (exact) mass is 256 g/mol. The Labute approximate surface area is 106 Å². The summed E-state index contributed by atoms with van der Waals surface area (Å²) in [5, 5.41) is 0. The molecule has 6 heteroatoms. The first-order valence-corrected chi connectivity index (χ1v) is 6.10. The van der Waals surface area contributed by atoms with Crippen LogP contribution in [-0.2, 0) is 0 Å². The van der Waals surface area contributed by atoms with Gasteiger partial charge in [-0.1, -0.05) is 0 Å². The molecule has 0 amide bonds. The number of thiazole rings is 1. The second-order valence-corrected chi connectivity index (χ2v) is 4.24. The summed E-state index contributed by atoms with van der Waals surface area (Å²) in [6.45, 7) is 0. The van der Waals surface area contributed by atoms with Crippen LogP contribution in [-0.4, -0.2) is 19.9 Å². The van der Waals surface area contributed by atoms with Crippen molar-refractivity contribution < 1.29 is 4.42 Å². The smallest absolute Gasteiger partial charge is 0.198 e. The van der Waals surface area contributed by atoms with Gasteiger partial charge in [-0.05, 0) is 24.3 Å². The van der Waals surface area contributed by atoms with E-state index in [1.54, 1.807) is 29.2 Å². The van der Waals surface area contributed by atoms with Gasteiger partial charge in [-0.3, -0.25) is 0 Å². The highest BCUT2D eigenvalue weighted by Crippen LogP contribution is 2.12. The largest absolute Gasteiger partial charge is 0.442 e. The van der Waals surface area contributed by atoms with Crippen LogP contribution in [0.1, 0.15) is 0 Å². The van der Waals surface area contributed by atoms with Crippen LogP contribution in [0.25, 0.3) is 21.6 Å². The van der Waals surface area contributed by atoms with Gasteiger partial charge in [-0.2, -0.15) is 4.98 Å². The highest BCUT2D eigenvalue weighted by molar-refractivity contribution is 7.16. The van der Waals surface area contributed by atoms with E-state index < -0.39 is 0 Å². The van der Waals surface area contributed by atoms with Gasteiger partial charge in [0.2, 0.25) is 0 Å². The summed E-state index contributed by atoms with van der Waals surface area (Å²) in [5.41, 5.74) is 4.05. The molecule has 0 unspecified atom stereocenters. The first-order chi connectivity index (χ1) is 8.93. The van der Waals surface area contributed by atoms with Crippen molar-refractivity contribution >= 4 is 32.9 Å². The van der Waals surface area contributed by atoms with E-state index in [1.807, 2.05) is 24.3 Å². The predicted molar refractivity (Wildman–Crippen MR) is 69.2 cm³/mol. The van der Waals surface area contributed by atoms with Crippen molar-refractivity contribution in [3.8, 4) is 0 Å². The highest BCUT2D eigenvalue weighted by Gasteiger charge is 1.93. The van der Waals surface area contributed by atoms with Crippen molar-refractivity contribution in [1.29, 1.82) is 0 Å². The normalized spacial score (nSPS) is 10.2. The molecule has 0 saturated carbocycles. The third-order valence-electron chi connectivity index (χ3n) is 2.21. The number of hydrogen-bond donors (Lipinski definition) is 0. The number of fused-ring (bicyclic) bond motifs is 2. The van der Waals surface area contributed by atoms with Gasteiger partial charge in [0.1, 0.15) is 0 Å². The van der Waals surface area contributed by atoms with Gasteiger partial charge < -0.3 is 4.42 Å². The molecule has 4 aromatic rings. The fraction of sp³-hybridized carbons (Fsp3) is 0. The van der Waals surface area contributed by atoms with E-state index in [-0.39, 0.29) is 0 Å². The maximum absolute atomic E-state index is 4.94. The minimum absolute atomic E-state index is 0.664. The molecule has 4 aromatic heterocycles. The Morgan fingerprint density at radius 3 is 2.56 bits per heavy atom. The molecule has 0 N–H and O–H groups in total. The molecule has 88 valence electrons. The molecule has 0 aromatic carbocycles. The third kappa shape index (κ3) is 2.18. The number of pyridine rings is 2. The number of hydrogen-bond acceptors (Lipinski definition) is 6. The Morgan fingerprint density at radius 1 is 0.889 bits per heavy atom. The van der Waals surface area contributed by atoms with Gasteiger partial charge >= 0.3 is 0 Å². The summed E-state index contributed by atoms with van der Waals surface area (Å²) < 4.78 is 6.09. The van der Waals surface area contributed by atoms with Gasteiger partial charge in [0.25, 0.3) is 0 Å². The Morgan fingerprint density at radius 2 is 1.72 bits per heavy atom. The third-order valence-corrected chi connectivity index (χ3v) is 2.99. The van der Waals surface area contributed by atoms with E-state index in [0.717, 1.165) is 15.9 Å². The molecule has 0 bridgehead atoms. The van der Waals surface area contributed by atoms with Gasteiger partial charge in [0.05, 0.1) is 10.2 Å². The quantitative estimate of drug-likeness (QED) is 0.484. The Bertz CT molecular complexity index is 638. The molecule has 4 rings (SSSR count). The fourth-order valence-corrected chi connectivity index (χ4v) is 2.04. The van der Waals surface area contributed by atoms with E-state index in [2.05, 4.69) is 19.9 Å². The average molecular weight is 256 g/mol. The minimum Gasteiger partial charge on any atom is -0.442 e. The van der Waals surface area contributed by atoms with E-state index >= 15 is 0 Å². The van der Waals surface area contributed by atoms with Crippen LogP contribution in [0.3, 0.4) is 0 Å². The number of rotatable bonds is 0. The molecule has 5 nitrogen and oxygen atoms in total. The van der Waals surface area contributed by atoms with Crippen molar-refractivity contribution in [3.63, 3.8) is 0 Å². The molecule has 0 fully saturated rings. The van der Waals surface area contributed by atoms with Crippen LogP contribution >= 0.6 is 11.3 Å². The Hall–Kier alpha value is -2.34. The van der Waals surface area contributed by atoms with E-state index in [1.165, 1.54) is 6.39 Å². The van der Waals surface area contributed by atoms with Crippen LogP contribution in [0.15, 0.2) is 53.0 Å². The van der Waals surface area contributed by atoms with Crippen LogP contribution in [0.4, 0.5) is 0 Å². The molecule has 4 heterocycles. The van der Waals surface area contributed by atoms with Crippen molar-refractivity contribution in [3.05, 3.63) is 48.6 Å².